The van der Waals surface area contributed by atoms with Gasteiger partial charge in [0.15, 0.2) is 0 Å². The number of halogens is 1. The highest BCUT2D eigenvalue weighted by molar-refractivity contribution is 7.17. The van der Waals surface area contributed by atoms with Gasteiger partial charge in [-0.25, -0.2) is 4.39 Å². The molecule has 0 amide bonds. The number of aryl methyl sites for hydroxylation is 1. The molecular weight excluding hydrogens is 185 g/mol. The predicted molar refractivity (Wildman–Crippen MR) is 51.2 cm³/mol. The molecule has 0 aliphatic rings. The van der Waals surface area contributed by atoms with Crippen LogP contribution in [0.3, 0.4) is 0 Å². The highest BCUT2D eigenvalue weighted by Gasteiger charge is 2.08. The maximum atomic E-state index is 13.1. The Balaban J connectivity index is 2.91. The Morgan fingerprint density at radius 1 is 1.46 bits per heavy atom. The lowest BCUT2D eigenvalue weighted by Gasteiger charge is -1.96. The molecule has 64 valence electrons. The zero-order valence-electron chi connectivity index (χ0n) is 6.97. The van der Waals surface area contributed by atoms with E-state index in [4.69, 9.17) is 5.26 Å². The second-order valence-electron chi connectivity index (χ2n) is 2.81. The zero-order chi connectivity index (χ0) is 9.42. The molecule has 1 nitrogen and oxygen atoms in total. The fraction of sp³-hybridized carbons (Fsp3) is 0.100. The van der Waals surface area contributed by atoms with Crippen LogP contribution in [-0.2, 0) is 0 Å². The van der Waals surface area contributed by atoms with Crippen molar-refractivity contribution in [2.24, 2.45) is 0 Å². The minimum Gasteiger partial charge on any atom is -0.207 e. The lowest BCUT2D eigenvalue weighted by molar-refractivity contribution is 0.621. The molecule has 3 heteroatoms. The van der Waals surface area contributed by atoms with Gasteiger partial charge in [-0.15, -0.1) is 11.3 Å². The number of rotatable bonds is 0. The van der Waals surface area contributed by atoms with Crippen LogP contribution in [0.5, 0.6) is 0 Å². The second-order valence-corrected chi connectivity index (χ2v) is 3.69. The Hall–Kier alpha value is -1.40. The number of benzene rings is 1. The largest absolute Gasteiger partial charge is 0.207 e. The maximum Gasteiger partial charge on any atom is 0.127 e. The highest BCUT2D eigenvalue weighted by Crippen LogP contribution is 2.29. The summed E-state index contributed by atoms with van der Waals surface area (Å²) in [5.41, 5.74) is 1.26. The molecule has 1 aromatic carbocycles. The van der Waals surface area contributed by atoms with Gasteiger partial charge in [0, 0.05) is 21.0 Å². The molecular formula is C10H6FNS. The van der Waals surface area contributed by atoms with E-state index in [1.807, 2.05) is 0 Å². The molecule has 0 spiro atoms. The summed E-state index contributed by atoms with van der Waals surface area (Å²) in [4.78, 5) is 0. The molecule has 2 aromatic rings. The third-order valence-electron chi connectivity index (χ3n) is 2.05. The number of thiophene rings is 1. The van der Waals surface area contributed by atoms with Gasteiger partial charge in [0.25, 0.3) is 0 Å². The van der Waals surface area contributed by atoms with Gasteiger partial charge in [0.2, 0.25) is 0 Å². The molecule has 0 unspecified atom stereocenters. The summed E-state index contributed by atoms with van der Waals surface area (Å²) in [5.74, 6) is -0.209. The fourth-order valence-corrected chi connectivity index (χ4v) is 2.29. The van der Waals surface area contributed by atoms with E-state index in [2.05, 4.69) is 6.07 Å². The van der Waals surface area contributed by atoms with E-state index in [1.54, 1.807) is 18.4 Å². The number of nitriles is 1. The number of hydrogen-bond donors (Lipinski definition) is 0. The molecule has 0 saturated heterocycles. The first-order valence-corrected chi connectivity index (χ1v) is 4.68. The van der Waals surface area contributed by atoms with Crippen molar-refractivity contribution in [3.8, 4) is 6.07 Å². The summed E-state index contributed by atoms with van der Waals surface area (Å²) in [5, 5.41) is 11.4. The third kappa shape index (κ3) is 1.11. The van der Waals surface area contributed by atoms with Gasteiger partial charge in [-0.3, -0.25) is 0 Å². The van der Waals surface area contributed by atoms with Crippen LogP contribution in [0.15, 0.2) is 17.5 Å². The summed E-state index contributed by atoms with van der Waals surface area (Å²) >= 11 is 1.42. The van der Waals surface area contributed by atoms with Gasteiger partial charge >= 0.3 is 0 Å². The molecule has 0 aliphatic heterocycles. The Bertz CT molecular complexity index is 507. The SMILES string of the molecule is Cc1c(F)ccc2c(C#N)csc12. The average Bonchev–Trinajstić information content (AvgIpc) is 2.55. The first-order valence-electron chi connectivity index (χ1n) is 3.80. The molecule has 0 aliphatic carbocycles. The van der Waals surface area contributed by atoms with Crippen molar-refractivity contribution in [1.82, 2.24) is 0 Å². The van der Waals surface area contributed by atoms with E-state index in [0.717, 1.165) is 10.1 Å². The van der Waals surface area contributed by atoms with Crippen molar-refractivity contribution < 1.29 is 4.39 Å². The van der Waals surface area contributed by atoms with Crippen LogP contribution >= 0.6 is 11.3 Å². The lowest BCUT2D eigenvalue weighted by Crippen LogP contribution is -1.81. The zero-order valence-corrected chi connectivity index (χ0v) is 7.78. The number of nitrogens with zero attached hydrogens (tertiary/aromatic N) is 1. The minimum absolute atomic E-state index is 0.209. The van der Waals surface area contributed by atoms with Crippen LogP contribution in [0.25, 0.3) is 10.1 Å². The van der Waals surface area contributed by atoms with E-state index in [0.29, 0.717) is 11.1 Å². The molecule has 0 bridgehead atoms. The van der Waals surface area contributed by atoms with Crippen LogP contribution < -0.4 is 0 Å². The quantitative estimate of drug-likeness (QED) is 0.627. The second kappa shape index (κ2) is 2.82. The predicted octanol–water partition coefficient (Wildman–Crippen LogP) is 3.22. The summed E-state index contributed by atoms with van der Waals surface area (Å²) in [6.45, 7) is 1.73. The fourth-order valence-electron chi connectivity index (χ4n) is 1.30. The summed E-state index contributed by atoms with van der Waals surface area (Å²) in [6.07, 6.45) is 0. The Labute approximate surface area is 79.0 Å². The molecule has 1 heterocycles. The summed E-state index contributed by atoms with van der Waals surface area (Å²) in [7, 11) is 0. The molecule has 0 N–H and O–H groups in total. The van der Waals surface area contributed by atoms with Gasteiger partial charge in [-0.1, -0.05) is 0 Å². The van der Waals surface area contributed by atoms with Gasteiger partial charge < -0.3 is 0 Å². The summed E-state index contributed by atoms with van der Waals surface area (Å²) < 4.78 is 14.0. The van der Waals surface area contributed by atoms with E-state index in [-0.39, 0.29) is 5.82 Å². The van der Waals surface area contributed by atoms with Crippen molar-refractivity contribution >= 4 is 21.4 Å². The van der Waals surface area contributed by atoms with E-state index in [9.17, 15) is 4.39 Å². The average molecular weight is 191 g/mol. The van der Waals surface area contributed by atoms with Gasteiger partial charge in [-0.05, 0) is 19.1 Å². The van der Waals surface area contributed by atoms with Crippen LogP contribution in [-0.4, -0.2) is 0 Å². The van der Waals surface area contributed by atoms with Crippen molar-refractivity contribution in [2.45, 2.75) is 6.92 Å². The topological polar surface area (TPSA) is 23.8 Å². The minimum atomic E-state index is -0.209. The van der Waals surface area contributed by atoms with Crippen molar-refractivity contribution in [2.75, 3.05) is 0 Å². The number of hydrogen-bond acceptors (Lipinski definition) is 2. The Kier molecular flexibility index (Phi) is 1.78. The van der Waals surface area contributed by atoms with Crippen molar-refractivity contribution in [3.63, 3.8) is 0 Å². The first kappa shape index (κ1) is 8.21. The van der Waals surface area contributed by atoms with Crippen LogP contribution in [0.2, 0.25) is 0 Å². The molecule has 0 saturated carbocycles. The lowest BCUT2D eigenvalue weighted by atomic mass is 10.1. The normalized spacial score (nSPS) is 10.2. The number of fused-ring (bicyclic) bond motifs is 1. The van der Waals surface area contributed by atoms with Gasteiger partial charge in [0.05, 0.1) is 5.56 Å². The maximum absolute atomic E-state index is 13.1. The Morgan fingerprint density at radius 3 is 2.92 bits per heavy atom. The monoisotopic (exact) mass is 191 g/mol. The van der Waals surface area contributed by atoms with Crippen LogP contribution in [0.4, 0.5) is 4.39 Å². The molecule has 0 atom stereocenters. The van der Waals surface area contributed by atoms with Gasteiger partial charge in [-0.2, -0.15) is 5.26 Å². The van der Waals surface area contributed by atoms with Crippen molar-refractivity contribution in [1.29, 1.82) is 5.26 Å². The third-order valence-corrected chi connectivity index (χ3v) is 3.16. The van der Waals surface area contributed by atoms with Gasteiger partial charge in [0.1, 0.15) is 11.9 Å². The van der Waals surface area contributed by atoms with Crippen LogP contribution in [0.1, 0.15) is 11.1 Å². The molecule has 0 fully saturated rings. The Morgan fingerprint density at radius 2 is 2.23 bits per heavy atom. The molecule has 2 rings (SSSR count). The highest BCUT2D eigenvalue weighted by atomic mass is 32.1. The molecule has 13 heavy (non-hydrogen) atoms. The van der Waals surface area contributed by atoms with E-state index >= 15 is 0 Å². The standard InChI is InChI=1S/C10H6FNS/c1-6-9(11)3-2-8-7(4-12)5-13-10(6)8/h2-3,5H,1H3. The molecule has 1 aromatic heterocycles. The first-order chi connectivity index (χ1) is 6.24. The van der Waals surface area contributed by atoms with E-state index < -0.39 is 0 Å². The van der Waals surface area contributed by atoms with Crippen LogP contribution in [0, 0.1) is 24.1 Å². The smallest absolute Gasteiger partial charge is 0.127 e. The van der Waals surface area contributed by atoms with E-state index in [1.165, 1.54) is 17.4 Å². The summed E-state index contributed by atoms with van der Waals surface area (Å²) in [6, 6.07) is 5.15. The molecule has 0 radical (unpaired) electrons. The van der Waals surface area contributed by atoms with Crippen molar-refractivity contribution in [3.05, 3.63) is 34.5 Å².